The molecule has 0 N–H and O–H groups in total. The molecular weight excluding hydrogens is 308 g/mol. The average Bonchev–Trinajstić information content (AvgIpc) is 2.61. The summed E-state index contributed by atoms with van der Waals surface area (Å²) < 4.78 is 4.68. The highest BCUT2D eigenvalue weighted by Gasteiger charge is 2.15. The minimum absolute atomic E-state index is 0.0187. The van der Waals surface area contributed by atoms with Crippen LogP contribution in [0.3, 0.4) is 0 Å². The standard InChI is InChI=1S/C18H20N2O4/c1-13(16-5-4-6-17(11-16)20(22)23)19(2)12-14-7-9-15(10-8-14)18(21)24-3/h4-11,13H,12H2,1-3H3/t13-/m1/s1. The largest absolute Gasteiger partial charge is 0.465 e. The predicted molar refractivity (Wildman–Crippen MR) is 90.8 cm³/mol. The maximum absolute atomic E-state index is 11.4. The molecule has 0 heterocycles. The fraction of sp³-hybridized carbons (Fsp3) is 0.278. The number of nitro groups is 1. The molecule has 0 unspecified atom stereocenters. The van der Waals surface area contributed by atoms with Gasteiger partial charge in [-0.2, -0.15) is 0 Å². The van der Waals surface area contributed by atoms with Crippen molar-refractivity contribution in [2.45, 2.75) is 19.5 Å². The van der Waals surface area contributed by atoms with Crippen molar-refractivity contribution < 1.29 is 14.5 Å². The van der Waals surface area contributed by atoms with E-state index in [1.54, 1.807) is 24.3 Å². The van der Waals surface area contributed by atoms with E-state index >= 15 is 0 Å². The average molecular weight is 328 g/mol. The summed E-state index contributed by atoms with van der Waals surface area (Å²) in [5.74, 6) is -0.361. The Morgan fingerprint density at radius 1 is 1.25 bits per heavy atom. The van der Waals surface area contributed by atoms with Crippen molar-refractivity contribution in [3.8, 4) is 0 Å². The third kappa shape index (κ3) is 4.17. The second-order valence-electron chi connectivity index (χ2n) is 5.63. The molecule has 0 aliphatic carbocycles. The number of carbonyl (C=O) groups is 1. The van der Waals surface area contributed by atoms with E-state index in [0.29, 0.717) is 12.1 Å². The summed E-state index contributed by atoms with van der Waals surface area (Å²) in [6.07, 6.45) is 0. The Kier molecular flexibility index (Phi) is 5.65. The number of hydrogen-bond acceptors (Lipinski definition) is 5. The number of non-ortho nitro benzene ring substituents is 1. The molecule has 0 radical (unpaired) electrons. The van der Waals surface area contributed by atoms with Crippen LogP contribution < -0.4 is 0 Å². The van der Waals surface area contributed by atoms with Crippen molar-refractivity contribution in [3.63, 3.8) is 0 Å². The fourth-order valence-corrected chi connectivity index (χ4v) is 2.44. The molecule has 0 saturated carbocycles. The van der Waals surface area contributed by atoms with Crippen molar-refractivity contribution in [1.82, 2.24) is 4.90 Å². The number of nitro benzene ring substituents is 1. The molecular formula is C18H20N2O4. The Morgan fingerprint density at radius 3 is 2.50 bits per heavy atom. The molecule has 6 nitrogen and oxygen atoms in total. The lowest BCUT2D eigenvalue weighted by molar-refractivity contribution is -0.384. The number of rotatable bonds is 6. The lowest BCUT2D eigenvalue weighted by Crippen LogP contribution is -2.22. The van der Waals surface area contributed by atoms with E-state index in [4.69, 9.17) is 0 Å². The van der Waals surface area contributed by atoms with Crippen LogP contribution in [0.1, 0.15) is 34.5 Å². The Morgan fingerprint density at radius 2 is 1.92 bits per heavy atom. The first-order valence-electron chi connectivity index (χ1n) is 7.54. The van der Waals surface area contributed by atoms with Crippen LogP contribution in [0.25, 0.3) is 0 Å². The highest BCUT2D eigenvalue weighted by molar-refractivity contribution is 5.89. The van der Waals surface area contributed by atoms with Crippen molar-refractivity contribution in [2.24, 2.45) is 0 Å². The normalized spacial score (nSPS) is 12.0. The smallest absolute Gasteiger partial charge is 0.337 e. The Labute approximate surface area is 140 Å². The lowest BCUT2D eigenvalue weighted by atomic mass is 10.1. The van der Waals surface area contributed by atoms with Crippen molar-refractivity contribution in [3.05, 3.63) is 75.3 Å². The summed E-state index contributed by atoms with van der Waals surface area (Å²) in [7, 11) is 3.31. The third-order valence-corrected chi connectivity index (χ3v) is 4.03. The van der Waals surface area contributed by atoms with Gasteiger partial charge in [-0.05, 0) is 37.2 Å². The van der Waals surface area contributed by atoms with Crippen LogP contribution in [0.15, 0.2) is 48.5 Å². The zero-order valence-electron chi connectivity index (χ0n) is 13.9. The van der Waals surface area contributed by atoms with Gasteiger partial charge in [0.05, 0.1) is 17.6 Å². The number of hydrogen-bond donors (Lipinski definition) is 0. The van der Waals surface area contributed by atoms with Gasteiger partial charge in [-0.15, -0.1) is 0 Å². The zero-order chi connectivity index (χ0) is 17.7. The summed E-state index contributed by atoms with van der Waals surface area (Å²) in [5, 5.41) is 10.9. The quantitative estimate of drug-likeness (QED) is 0.460. The molecule has 126 valence electrons. The van der Waals surface area contributed by atoms with Gasteiger partial charge in [0.25, 0.3) is 5.69 Å². The predicted octanol–water partition coefficient (Wildman–Crippen LogP) is 3.57. The van der Waals surface area contributed by atoms with Gasteiger partial charge in [-0.1, -0.05) is 24.3 Å². The van der Waals surface area contributed by atoms with E-state index in [1.165, 1.54) is 13.2 Å². The highest BCUT2D eigenvalue weighted by Crippen LogP contribution is 2.24. The molecule has 0 saturated heterocycles. The number of esters is 1. The second-order valence-corrected chi connectivity index (χ2v) is 5.63. The van der Waals surface area contributed by atoms with Crippen LogP contribution in [0.4, 0.5) is 5.69 Å². The molecule has 0 aliphatic rings. The molecule has 0 bridgehead atoms. The number of methoxy groups -OCH3 is 1. The van der Waals surface area contributed by atoms with Crippen molar-refractivity contribution in [1.29, 1.82) is 0 Å². The molecule has 0 fully saturated rings. The van der Waals surface area contributed by atoms with Crippen LogP contribution in [-0.4, -0.2) is 29.9 Å². The molecule has 0 aliphatic heterocycles. The van der Waals surface area contributed by atoms with Crippen LogP contribution >= 0.6 is 0 Å². The number of nitrogens with zero attached hydrogens (tertiary/aromatic N) is 2. The first-order chi connectivity index (χ1) is 11.4. The van der Waals surface area contributed by atoms with E-state index in [2.05, 4.69) is 9.64 Å². The lowest BCUT2D eigenvalue weighted by Gasteiger charge is -2.25. The van der Waals surface area contributed by atoms with Crippen LogP contribution in [0.2, 0.25) is 0 Å². The van der Waals surface area contributed by atoms with E-state index < -0.39 is 0 Å². The monoisotopic (exact) mass is 328 g/mol. The first kappa shape index (κ1) is 17.6. The third-order valence-electron chi connectivity index (χ3n) is 4.03. The minimum atomic E-state index is -0.387. The Hall–Kier alpha value is -2.73. The van der Waals surface area contributed by atoms with Gasteiger partial charge >= 0.3 is 5.97 Å². The zero-order valence-corrected chi connectivity index (χ0v) is 13.9. The van der Waals surface area contributed by atoms with E-state index in [9.17, 15) is 14.9 Å². The van der Waals surface area contributed by atoms with Gasteiger partial charge in [0.1, 0.15) is 0 Å². The molecule has 2 aromatic rings. The van der Waals surface area contributed by atoms with Gasteiger partial charge in [0.15, 0.2) is 0 Å². The Bertz CT molecular complexity index is 728. The summed E-state index contributed by atoms with van der Waals surface area (Å²) in [4.78, 5) is 24.0. The maximum atomic E-state index is 11.4. The Balaban J connectivity index is 2.08. The number of ether oxygens (including phenoxy) is 1. The van der Waals surface area contributed by atoms with Gasteiger partial charge in [0, 0.05) is 24.7 Å². The molecule has 2 aromatic carbocycles. The van der Waals surface area contributed by atoms with E-state index in [1.807, 2.05) is 32.2 Å². The molecule has 0 spiro atoms. The van der Waals surface area contributed by atoms with E-state index in [0.717, 1.165) is 11.1 Å². The molecule has 0 amide bonds. The summed E-state index contributed by atoms with van der Waals surface area (Å²) in [6, 6.07) is 13.9. The maximum Gasteiger partial charge on any atom is 0.337 e. The van der Waals surface area contributed by atoms with Crippen LogP contribution in [-0.2, 0) is 11.3 Å². The first-order valence-corrected chi connectivity index (χ1v) is 7.54. The topological polar surface area (TPSA) is 72.7 Å². The van der Waals surface area contributed by atoms with Gasteiger partial charge in [-0.25, -0.2) is 4.79 Å². The van der Waals surface area contributed by atoms with Crippen LogP contribution in [0.5, 0.6) is 0 Å². The van der Waals surface area contributed by atoms with E-state index in [-0.39, 0.29) is 22.6 Å². The molecule has 2 rings (SSSR count). The van der Waals surface area contributed by atoms with Gasteiger partial charge in [-0.3, -0.25) is 15.0 Å². The van der Waals surface area contributed by atoms with Crippen LogP contribution in [0, 0.1) is 10.1 Å². The molecule has 6 heteroatoms. The fourth-order valence-electron chi connectivity index (χ4n) is 2.44. The second kappa shape index (κ2) is 7.70. The van der Waals surface area contributed by atoms with Gasteiger partial charge < -0.3 is 4.74 Å². The highest BCUT2D eigenvalue weighted by atomic mass is 16.6. The number of benzene rings is 2. The summed E-state index contributed by atoms with van der Waals surface area (Å²) in [5.41, 5.74) is 2.53. The molecule has 1 atom stereocenters. The molecule has 0 aromatic heterocycles. The SMILES string of the molecule is COC(=O)c1ccc(CN(C)[C@H](C)c2cccc([N+](=O)[O-])c2)cc1. The van der Waals surface area contributed by atoms with Gasteiger partial charge in [0.2, 0.25) is 0 Å². The summed E-state index contributed by atoms with van der Waals surface area (Å²) in [6.45, 7) is 2.66. The van der Waals surface area contributed by atoms with Crippen molar-refractivity contribution in [2.75, 3.05) is 14.2 Å². The minimum Gasteiger partial charge on any atom is -0.465 e. The van der Waals surface area contributed by atoms with Crippen molar-refractivity contribution >= 4 is 11.7 Å². The molecule has 24 heavy (non-hydrogen) atoms. The summed E-state index contributed by atoms with van der Waals surface area (Å²) >= 11 is 0. The number of carbonyl (C=O) groups excluding carboxylic acids is 1.